The summed E-state index contributed by atoms with van der Waals surface area (Å²) in [5.74, 6) is 0.250. The van der Waals surface area contributed by atoms with E-state index in [1.165, 1.54) is 17.4 Å². The molecule has 4 aromatic rings. The van der Waals surface area contributed by atoms with Gasteiger partial charge < -0.3 is 13.9 Å². The number of hydrogen-bond acceptors (Lipinski definition) is 2. The second-order valence-corrected chi connectivity index (χ2v) is 7.24. The first-order chi connectivity index (χ1) is 14.2. The van der Waals surface area contributed by atoms with E-state index in [1.54, 1.807) is 12.1 Å². The molecule has 1 amide bonds. The molecule has 0 radical (unpaired) electrons. The fourth-order valence-electron chi connectivity index (χ4n) is 3.39. The summed E-state index contributed by atoms with van der Waals surface area (Å²) in [7, 11) is 0. The molecule has 0 atom stereocenters. The van der Waals surface area contributed by atoms with E-state index in [2.05, 4.69) is 48.0 Å². The van der Waals surface area contributed by atoms with Crippen LogP contribution in [0.15, 0.2) is 95.7 Å². The molecule has 0 bridgehead atoms. The summed E-state index contributed by atoms with van der Waals surface area (Å²) in [5.41, 5.74) is 4.66. The molecule has 4 heteroatoms. The number of furan rings is 1. The number of carbonyl (C=O) groups excluding carboxylic acids is 1. The molecule has 4 rings (SSSR count). The molecule has 4 nitrogen and oxygen atoms in total. The monoisotopic (exact) mass is 384 g/mol. The number of amides is 1. The Kier molecular flexibility index (Phi) is 5.61. The Morgan fingerprint density at radius 3 is 2.38 bits per heavy atom. The third-order valence-corrected chi connectivity index (χ3v) is 4.99. The summed E-state index contributed by atoms with van der Waals surface area (Å²) in [5, 5.41) is 0. The van der Waals surface area contributed by atoms with Crippen LogP contribution in [0, 0.1) is 6.92 Å². The van der Waals surface area contributed by atoms with Gasteiger partial charge in [-0.15, -0.1) is 0 Å². The normalized spacial score (nSPS) is 10.8. The maximum atomic E-state index is 13.1. The third kappa shape index (κ3) is 4.66. The molecule has 0 saturated carbocycles. The standard InChI is InChI=1S/C25H24N2O2/c1-20-11-13-22(14-12-20)17-26-15-5-9-23(26)19-27(18-21-7-3-2-4-8-21)25(28)24-10-6-16-29-24/h2-16H,17-19H2,1H3. The molecule has 0 spiro atoms. The lowest BCUT2D eigenvalue weighted by Gasteiger charge is -2.23. The van der Waals surface area contributed by atoms with Gasteiger partial charge in [0.15, 0.2) is 5.76 Å². The van der Waals surface area contributed by atoms with Crippen molar-refractivity contribution in [2.75, 3.05) is 0 Å². The second-order valence-electron chi connectivity index (χ2n) is 7.24. The molecular weight excluding hydrogens is 360 g/mol. The lowest BCUT2D eigenvalue weighted by Crippen LogP contribution is -2.30. The largest absolute Gasteiger partial charge is 0.459 e. The van der Waals surface area contributed by atoms with Crippen molar-refractivity contribution in [3.8, 4) is 0 Å². The van der Waals surface area contributed by atoms with Crippen LogP contribution in [-0.2, 0) is 19.6 Å². The van der Waals surface area contributed by atoms with Gasteiger partial charge in [-0.05, 0) is 42.3 Å². The van der Waals surface area contributed by atoms with Crippen LogP contribution in [0.5, 0.6) is 0 Å². The van der Waals surface area contributed by atoms with Gasteiger partial charge in [-0.25, -0.2) is 0 Å². The van der Waals surface area contributed by atoms with E-state index in [0.29, 0.717) is 18.8 Å². The Labute approximate surface area is 171 Å². The predicted molar refractivity (Wildman–Crippen MR) is 113 cm³/mol. The molecule has 0 fully saturated rings. The van der Waals surface area contributed by atoms with Crippen LogP contribution in [0.1, 0.15) is 32.9 Å². The number of benzene rings is 2. The molecule has 0 aliphatic rings. The minimum Gasteiger partial charge on any atom is -0.459 e. The van der Waals surface area contributed by atoms with Crippen molar-refractivity contribution in [1.82, 2.24) is 9.47 Å². The van der Waals surface area contributed by atoms with Crippen molar-refractivity contribution in [2.45, 2.75) is 26.6 Å². The summed E-state index contributed by atoms with van der Waals surface area (Å²) in [4.78, 5) is 14.9. The molecule has 29 heavy (non-hydrogen) atoms. The number of aromatic nitrogens is 1. The fourth-order valence-corrected chi connectivity index (χ4v) is 3.39. The van der Waals surface area contributed by atoms with Crippen molar-refractivity contribution < 1.29 is 9.21 Å². The van der Waals surface area contributed by atoms with Crippen LogP contribution in [-0.4, -0.2) is 15.4 Å². The molecule has 0 aliphatic carbocycles. The zero-order valence-corrected chi connectivity index (χ0v) is 16.5. The Morgan fingerprint density at radius 2 is 1.66 bits per heavy atom. The van der Waals surface area contributed by atoms with Gasteiger partial charge >= 0.3 is 0 Å². The lowest BCUT2D eigenvalue weighted by molar-refractivity contribution is 0.0693. The zero-order chi connectivity index (χ0) is 20.1. The number of nitrogens with zero attached hydrogens (tertiary/aromatic N) is 2. The van der Waals surface area contributed by atoms with Gasteiger partial charge in [-0.2, -0.15) is 0 Å². The minimum absolute atomic E-state index is 0.109. The lowest BCUT2D eigenvalue weighted by atomic mass is 10.1. The van der Waals surface area contributed by atoms with Crippen molar-refractivity contribution in [3.05, 3.63) is 119 Å². The Balaban J connectivity index is 1.57. The highest BCUT2D eigenvalue weighted by atomic mass is 16.3. The highest BCUT2D eigenvalue weighted by molar-refractivity contribution is 5.91. The first-order valence-electron chi connectivity index (χ1n) is 9.75. The summed E-state index contributed by atoms with van der Waals surface area (Å²) in [6, 6.07) is 26.1. The Bertz CT molecular complexity index is 1050. The van der Waals surface area contributed by atoms with E-state index < -0.39 is 0 Å². The van der Waals surface area contributed by atoms with Crippen LogP contribution in [0.25, 0.3) is 0 Å². The highest BCUT2D eigenvalue weighted by Gasteiger charge is 2.20. The molecular formula is C25H24N2O2. The minimum atomic E-state index is -0.109. The number of rotatable bonds is 7. The first-order valence-corrected chi connectivity index (χ1v) is 9.75. The van der Waals surface area contributed by atoms with Crippen molar-refractivity contribution >= 4 is 5.91 Å². The van der Waals surface area contributed by atoms with E-state index in [0.717, 1.165) is 17.8 Å². The van der Waals surface area contributed by atoms with Crippen LogP contribution < -0.4 is 0 Å². The van der Waals surface area contributed by atoms with Gasteiger partial charge in [0.2, 0.25) is 0 Å². The van der Waals surface area contributed by atoms with Gasteiger partial charge in [-0.1, -0.05) is 60.2 Å². The topological polar surface area (TPSA) is 38.4 Å². The Hall–Kier alpha value is -3.53. The van der Waals surface area contributed by atoms with E-state index in [9.17, 15) is 4.79 Å². The average molecular weight is 384 g/mol. The maximum absolute atomic E-state index is 13.1. The molecule has 146 valence electrons. The second kappa shape index (κ2) is 8.65. The van der Waals surface area contributed by atoms with Gasteiger partial charge in [0.1, 0.15) is 0 Å². The SMILES string of the molecule is Cc1ccc(Cn2cccc2CN(Cc2ccccc2)C(=O)c2ccco2)cc1. The zero-order valence-electron chi connectivity index (χ0n) is 16.5. The van der Waals surface area contributed by atoms with E-state index in [1.807, 2.05) is 41.3 Å². The summed E-state index contributed by atoms with van der Waals surface area (Å²) >= 11 is 0. The molecule has 0 N–H and O–H groups in total. The van der Waals surface area contributed by atoms with Crippen molar-refractivity contribution in [2.24, 2.45) is 0 Å². The third-order valence-electron chi connectivity index (χ3n) is 4.99. The quantitative estimate of drug-likeness (QED) is 0.435. The molecule has 0 unspecified atom stereocenters. The summed E-state index contributed by atoms with van der Waals surface area (Å²) < 4.78 is 7.56. The van der Waals surface area contributed by atoms with Crippen LogP contribution in [0.3, 0.4) is 0 Å². The van der Waals surface area contributed by atoms with Crippen LogP contribution in [0.4, 0.5) is 0 Å². The molecule has 0 aliphatic heterocycles. The van der Waals surface area contributed by atoms with Gasteiger partial charge in [0.25, 0.3) is 5.91 Å². The number of aryl methyl sites for hydroxylation is 1. The summed E-state index contributed by atoms with van der Waals surface area (Å²) in [6.07, 6.45) is 3.60. The number of carbonyl (C=O) groups is 1. The van der Waals surface area contributed by atoms with Gasteiger partial charge in [0.05, 0.1) is 12.8 Å². The smallest absolute Gasteiger partial charge is 0.290 e. The molecule has 2 aromatic heterocycles. The van der Waals surface area contributed by atoms with E-state index >= 15 is 0 Å². The number of hydrogen-bond donors (Lipinski definition) is 0. The van der Waals surface area contributed by atoms with E-state index in [-0.39, 0.29) is 5.91 Å². The van der Waals surface area contributed by atoms with Gasteiger partial charge in [0, 0.05) is 25.0 Å². The van der Waals surface area contributed by atoms with Crippen molar-refractivity contribution in [3.63, 3.8) is 0 Å². The van der Waals surface area contributed by atoms with Crippen molar-refractivity contribution in [1.29, 1.82) is 0 Å². The highest BCUT2D eigenvalue weighted by Crippen LogP contribution is 2.17. The molecule has 2 aromatic carbocycles. The fraction of sp³-hybridized carbons (Fsp3) is 0.160. The Morgan fingerprint density at radius 1 is 0.862 bits per heavy atom. The summed E-state index contributed by atoms with van der Waals surface area (Å²) in [6.45, 7) is 3.90. The molecule has 0 saturated heterocycles. The van der Waals surface area contributed by atoms with Crippen LogP contribution >= 0.6 is 0 Å². The average Bonchev–Trinajstić information content (AvgIpc) is 3.42. The maximum Gasteiger partial charge on any atom is 0.290 e. The van der Waals surface area contributed by atoms with E-state index in [4.69, 9.17) is 4.42 Å². The first kappa shape index (κ1) is 18.8. The predicted octanol–water partition coefficient (Wildman–Crippen LogP) is 5.28. The molecule has 2 heterocycles. The van der Waals surface area contributed by atoms with Gasteiger partial charge in [-0.3, -0.25) is 4.79 Å². The van der Waals surface area contributed by atoms with Crippen LogP contribution in [0.2, 0.25) is 0 Å².